The molecule has 6 nitrogen and oxygen atoms in total. The molecule has 0 unspecified atom stereocenters. The van der Waals surface area contributed by atoms with Crippen molar-refractivity contribution in [2.75, 3.05) is 17.8 Å². The van der Waals surface area contributed by atoms with Crippen LogP contribution in [0.1, 0.15) is 29.8 Å². The van der Waals surface area contributed by atoms with E-state index < -0.39 is 26.7 Å². The normalized spacial score (nSPS) is 20.1. The Kier molecular flexibility index (Phi) is 6.09. The quantitative estimate of drug-likeness (QED) is 0.783. The molecule has 1 N–H and O–H groups in total. The Bertz CT molecular complexity index is 1030. The highest BCUT2D eigenvalue weighted by Gasteiger charge is 2.32. The van der Waals surface area contributed by atoms with E-state index in [1.165, 1.54) is 18.2 Å². The van der Waals surface area contributed by atoms with E-state index in [1.54, 1.807) is 11.0 Å². The second-order valence-corrected chi connectivity index (χ2v) is 8.83. The van der Waals surface area contributed by atoms with Crippen molar-refractivity contribution in [3.63, 3.8) is 0 Å². The maximum atomic E-state index is 13.0. The molecule has 162 valence electrons. The van der Waals surface area contributed by atoms with E-state index >= 15 is 0 Å². The molecule has 0 aromatic heterocycles. The van der Waals surface area contributed by atoms with Crippen LogP contribution in [-0.4, -0.2) is 44.5 Å². The van der Waals surface area contributed by atoms with E-state index in [4.69, 9.17) is 4.74 Å². The second-order valence-electron chi connectivity index (χ2n) is 7.14. The van der Waals surface area contributed by atoms with Gasteiger partial charge in [0.25, 0.3) is 15.9 Å². The molecule has 2 atom stereocenters. The average molecular weight is 442 g/mol. The first-order valence-corrected chi connectivity index (χ1v) is 10.7. The number of amides is 1. The number of para-hydroxylation sites is 1. The van der Waals surface area contributed by atoms with Crippen LogP contribution in [0, 0.1) is 0 Å². The molecular formula is C20H21F3N2O4S. The van der Waals surface area contributed by atoms with Gasteiger partial charge in [0.15, 0.2) is 0 Å². The van der Waals surface area contributed by atoms with Gasteiger partial charge in [-0.3, -0.25) is 9.52 Å². The summed E-state index contributed by atoms with van der Waals surface area (Å²) < 4.78 is 72.1. The van der Waals surface area contributed by atoms with Crippen LogP contribution in [0.3, 0.4) is 0 Å². The van der Waals surface area contributed by atoms with Crippen LogP contribution in [0.4, 0.5) is 18.9 Å². The molecule has 0 bridgehead atoms. The highest BCUT2D eigenvalue weighted by Crippen LogP contribution is 2.31. The lowest BCUT2D eigenvalue weighted by atomic mass is 10.1. The first-order valence-electron chi connectivity index (χ1n) is 9.21. The van der Waals surface area contributed by atoms with Crippen molar-refractivity contribution in [1.82, 2.24) is 4.90 Å². The van der Waals surface area contributed by atoms with E-state index in [0.29, 0.717) is 19.2 Å². The highest BCUT2D eigenvalue weighted by atomic mass is 32.2. The van der Waals surface area contributed by atoms with Crippen molar-refractivity contribution in [3.8, 4) is 0 Å². The van der Waals surface area contributed by atoms with Crippen molar-refractivity contribution in [2.24, 2.45) is 0 Å². The van der Waals surface area contributed by atoms with Crippen LogP contribution < -0.4 is 4.72 Å². The third-order valence-electron chi connectivity index (χ3n) is 4.58. The van der Waals surface area contributed by atoms with E-state index in [1.807, 2.05) is 13.8 Å². The van der Waals surface area contributed by atoms with Crippen molar-refractivity contribution in [1.29, 1.82) is 0 Å². The Balaban J connectivity index is 1.90. The molecule has 0 spiro atoms. The summed E-state index contributed by atoms with van der Waals surface area (Å²) in [6, 6.07) is 9.41. The monoisotopic (exact) mass is 442 g/mol. The van der Waals surface area contributed by atoms with Crippen LogP contribution in [0.25, 0.3) is 0 Å². The largest absolute Gasteiger partial charge is 0.416 e. The van der Waals surface area contributed by atoms with Crippen LogP contribution in [0.15, 0.2) is 53.4 Å². The van der Waals surface area contributed by atoms with Crippen molar-refractivity contribution >= 4 is 21.6 Å². The fraction of sp³-hybridized carbons (Fsp3) is 0.350. The number of carbonyl (C=O) groups is 1. The van der Waals surface area contributed by atoms with E-state index in [9.17, 15) is 26.4 Å². The summed E-state index contributed by atoms with van der Waals surface area (Å²) in [7, 11) is -4.35. The van der Waals surface area contributed by atoms with Crippen molar-refractivity contribution in [2.45, 2.75) is 37.1 Å². The zero-order valence-electron chi connectivity index (χ0n) is 16.3. The number of sulfonamides is 1. The second kappa shape index (κ2) is 8.27. The molecule has 0 radical (unpaired) electrons. The molecule has 1 fully saturated rings. The molecule has 10 heteroatoms. The van der Waals surface area contributed by atoms with Gasteiger partial charge in [-0.1, -0.05) is 18.2 Å². The lowest BCUT2D eigenvalue weighted by Crippen LogP contribution is -2.48. The molecule has 1 amide bonds. The third-order valence-corrected chi connectivity index (χ3v) is 5.94. The number of hydrogen-bond donors (Lipinski definition) is 1. The summed E-state index contributed by atoms with van der Waals surface area (Å²) in [5.41, 5.74) is -0.980. The lowest BCUT2D eigenvalue weighted by molar-refractivity contribution is -0.137. The van der Waals surface area contributed by atoms with Gasteiger partial charge in [-0.05, 0) is 44.2 Å². The number of rotatable bonds is 4. The van der Waals surface area contributed by atoms with Gasteiger partial charge in [0.05, 0.1) is 33.9 Å². The molecule has 0 saturated carbocycles. The minimum absolute atomic E-state index is 0.00768. The van der Waals surface area contributed by atoms with Crippen LogP contribution >= 0.6 is 0 Å². The summed E-state index contributed by atoms with van der Waals surface area (Å²) in [5.74, 6) is -0.389. The molecule has 3 rings (SSSR count). The fourth-order valence-electron chi connectivity index (χ4n) is 3.32. The maximum absolute atomic E-state index is 13.0. The minimum atomic E-state index is -4.68. The SMILES string of the molecule is C[C@H]1CN(C(=O)c2ccccc2NS(=O)(=O)c2cccc(C(F)(F)F)c2)C[C@H](C)O1. The van der Waals surface area contributed by atoms with Gasteiger partial charge in [0.1, 0.15) is 0 Å². The maximum Gasteiger partial charge on any atom is 0.416 e. The Morgan fingerprint density at radius 1 is 1.07 bits per heavy atom. The predicted octanol–water partition coefficient (Wildman–Crippen LogP) is 3.76. The molecule has 2 aromatic rings. The number of hydrogen-bond acceptors (Lipinski definition) is 4. The van der Waals surface area contributed by atoms with Crippen molar-refractivity contribution < 1.29 is 31.1 Å². The van der Waals surface area contributed by atoms with Gasteiger partial charge in [-0.25, -0.2) is 8.42 Å². The number of halogens is 3. The average Bonchev–Trinajstić information content (AvgIpc) is 2.66. The van der Waals surface area contributed by atoms with Crippen molar-refractivity contribution in [3.05, 3.63) is 59.7 Å². The summed E-state index contributed by atoms with van der Waals surface area (Å²) >= 11 is 0. The van der Waals surface area contributed by atoms with Gasteiger partial charge in [0.2, 0.25) is 0 Å². The Morgan fingerprint density at radius 3 is 2.33 bits per heavy atom. The summed E-state index contributed by atoms with van der Waals surface area (Å²) in [5, 5.41) is 0. The zero-order valence-corrected chi connectivity index (χ0v) is 17.1. The number of alkyl halides is 3. The van der Waals surface area contributed by atoms with Gasteiger partial charge >= 0.3 is 6.18 Å². The number of morpholine rings is 1. The number of carbonyl (C=O) groups excluding carboxylic acids is 1. The first-order chi connectivity index (χ1) is 14.0. The number of benzene rings is 2. The van der Waals surface area contributed by atoms with E-state index in [2.05, 4.69) is 4.72 Å². The zero-order chi connectivity index (χ0) is 22.1. The van der Waals surface area contributed by atoms with Crippen LogP contribution in [0.2, 0.25) is 0 Å². The Labute approximate surface area is 172 Å². The Hall–Kier alpha value is -2.59. The molecule has 0 aliphatic carbocycles. The number of ether oxygens (including phenoxy) is 1. The van der Waals surface area contributed by atoms with Gasteiger partial charge in [0, 0.05) is 13.1 Å². The standard InChI is InChI=1S/C20H21F3N2O4S/c1-13-11-25(12-14(2)29-13)19(26)17-8-3-4-9-18(17)24-30(27,28)16-7-5-6-15(10-16)20(21,22)23/h3-10,13-14,24H,11-12H2,1-2H3/t13-,14-/m0/s1. The number of anilines is 1. The lowest BCUT2D eigenvalue weighted by Gasteiger charge is -2.35. The molecule has 1 aliphatic heterocycles. The summed E-state index contributed by atoms with van der Waals surface area (Å²) in [6.07, 6.45) is -5.03. The van der Waals surface area contributed by atoms with Gasteiger partial charge in [-0.15, -0.1) is 0 Å². The topological polar surface area (TPSA) is 75.7 Å². The fourth-order valence-corrected chi connectivity index (χ4v) is 4.44. The van der Waals surface area contributed by atoms with Gasteiger partial charge < -0.3 is 9.64 Å². The number of nitrogens with zero attached hydrogens (tertiary/aromatic N) is 1. The summed E-state index contributed by atoms with van der Waals surface area (Å²) in [6.45, 7) is 4.35. The Morgan fingerprint density at radius 2 is 1.70 bits per heavy atom. The molecule has 2 aromatic carbocycles. The minimum Gasteiger partial charge on any atom is -0.372 e. The summed E-state index contributed by atoms with van der Waals surface area (Å²) in [4.78, 5) is 14.0. The molecule has 1 aliphatic rings. The smallest absolute Gasteiger partial charge is 0.372 e. The molecule has 30 heavy (non-hydrogen) atoms. The highest BCUT2D eigenvalue weighted by molar-refractivity contribution is 7.92. The molecular weight excluding hydrogens is 421 g/mol. The number of nitrogens with one attached hydrogen (secondary N) is 1. The molecule has 1 saturated heterocycles. The molecule has 1 heterocycles. The predicted molar refractivity (Wildman–Crippen MR) is 105 cm³/mol. The van der Waals surface area contributed by atoms with Gasteiger partial charge in [-0.2, -0.15) is 13.2 Å². The van der Waals surface area contributed by atoms with E-state index in [-0.39, 0.29) is 29.4 Å². The first kappa shape index (κ1) is 22.1. The van der Waals surface area contributed by atoms with E-state index in [0.717, 1.165) is 18.2 Å². The van der Waals surface area contributed by atoms with Crippen LogP contribution in [-0.2, 0) is 20.9 Å². The van der Waals surface area contributed by atoms with Crippen LogP contribution in [0.5, 0.6) is 0 Å². The third kappa shape index (κ3) is 4.93.